The lowest BCUT2D eigenvalue weighted by Crippen LogP contribution is -2.47. The van der Waals surface area contributed by atoms with Gasteiger partial charge in [-0.15, -0.1) is 0 Å². The number of halogens is 3. The third-order valence-electron chi connectivity index (χ3n) is 5.23. The molecule has 2 aromatic heterocycles. The first-order chi connectivity index (χ1) is 16.4. The van der Waals surface area contributed by atoms with Gasteiger partial charge in [0, 0.05) is 31.8 Å². The van der Waals surface area contributed by atoms with Crippen LogP contribution in [0.25, 0.3) is 5.65 Å². The Morgan fingerprint density at radius 1 is 1.17 bits per heavy atom. The van der Waals surface area contributed by atoms with Crippen molar-refractivity contribution in [3.05, 3.63) is 53.6 Å². The first kappa shape index (κ1) is 24.3. The van der Waals surface area contributed by atoms with Gasteiger partial charge >= 0.3 is 12.1 Å². The van der Waals surface area contributed by atoms with Crippen LogP contribution in [0.4, 0.5) is 29.9 Å². The minimum atomic E-state index is -1.32. The van der Waals surface area contributed by atoms with Gasteiger partial charge in [0.15, 0.2) is 17.3 Å². The molecule has 13 heteroatoms. The summed E-state index contributed by atoms with van der Waals surface area (Å²) in [5.74, 6) is -2.90. The highest BCUT2D eigenvalue weighted by molar-refractivity contribution is 6.31. The number of likely N-dealkylation sites (N-methyl/N-ethyl adjacent to an activating group) is 1. The topological polar surface area (TPSA) is 100 Å². The number of aromatic nitrogens is 3. The lowest BCUT2D eigenvalue weighted by molar-refractivity contribution is -0.119. The number of anilines is 2. The Morgan fingerprint density at radius 2 is 1.83 bits per heavy atom. The van der Waals surface area contributed by atoms with Crippen LogP contribution in [0, 0.1) is 11.6 Å². The van der Waals surface area contributed by atoms with Crippen LogP contribution in [0.1, 0.15) is 20.8 Å². The highest BCUT2D eigenvalue weighted by atomic mass is 35.5. The number of rotatable bonds is 3. The SMILES string of the molecule is CN(C(=O)C1CN(C(=O)OC(C)(C)C)C(=O)N1c1nccn2ccnc12)c1ccc(F)c(Cl)c1F. The van der Waals surface area contributed by atoms with Crippen LogP contribution in [-0.2, 0) is 9.53 Å². The second-order valence-corrected chi connectivity index (χ2v) is 9.14. The summed E-state index contributed by atoms with van der Waals surface area (Å²) in [6.07, 6.45) is 5.13. The maximum Gasteiger partial charge on any atom is 0.418 e. The summed E-state index contributed by atoms with van der Waals surface area (Å²) in [6.45, 7) is 4.49. The smallest absolute Gasteiger partial charge is 0.418 e. The number of hydrogen-bond acceptors (Lipinski definition) is 6. The summed E-state index contributed by atoms with van der Waals surface area (Å²) in [4.78, 5) is 50.8. The molecule has 184 valence electrons. The van der Waals surface area contributed by atoms with Gasteiger partial charge in [-0.25, -0.2) is 33.2 Å². The van der Waals surface area contributed by atoms with E-state index >= 15 is 0 Å². The molecule has 4 amide bonds. The maximum absolute atomic E-state index is 14.7. The molecule has 1 unspecified atom stereocenters. The molecule has 0 N–H and O–H groups in total. The molecule has 0 saturated carbocycles. The van der Waals surface area contributed by atoms with Crippen LogP contribution in [0.2, 0.25) is 5.02 Å². The number of urea groups is 1. The number of hydrogen-bond donors (Lipinski definition) is 0. The number of nitrogens with zero attached hydrogens (tertiary/aromatic N) is 6. The van der Waals surface area contributed by atoms with E-state index in [1.165, 1.54) is 19.4 Å². The predicted octanol–water partition coefficient (Wildman–Crippen LogP) is 3.87. The Morgan fingerprint density at radius 3 is 2.49 bits per heavy atom. The van der Waals surface area contributed by atoms with Crippen molar-refractivity contribution in [1.82, 2.24) is 19.3 Å². The van der Waals surface area contributed by atoms with Gasteiger partial charge in [-0.3, -0.25) is 9.69 Å². The molecule has 1 aliphatic rings. The summed E-state index contributed by atoms with van der Waals surface area (Å²) in [5.41, 5.74) is -0.962. The largest absolute Gasteiger partial charge is 0.443 e. The molecule has 1 aliphatic heterocycles. The Bertz CT molecular complexity index is 1340. The highest BCUT2D eigenvalue weighted by Gasteiger charge is 2.49. The Labute approximate surface area is 203 Å². The third-order valence-corrected chi connectivity index (χ3v) is 5.58. The quantitative estimate of drug-likeness (QED) is 0.500. The van der Waals surface area contributed by atoms with Crippen LogP contribution in [0.3, 0.4) is 0 Å². The second-order valence-electron chi connectivity index (χ2n) is 8.76. The molecule has 0 bridgehead atoms. The number of ether oxygens (including phenoxy) is 1. The van der Waals surface area contributed by atoms with Crippen LogP contribution >= 0.6 is 11.6 Å². The van der Waals surface area contributed by atoms with Crippen molar-refractivity contribution in [2.24, 2.45) is 0 Å². The predicted molar refractivity (Wildman–Crippen MR) is 122 cm³/mol. The molecule has 3 aromatic rings. The lowest BCUT2D eigenvalue weighted by Gasteiger charge is -2.26. The monoisotopic (exact) mass is 506 g/mol. The van der Waals surface area contributed by atoms with Gasteiger partial charge in [-0.2, -0.15) is 0 Å². The Hall–Kier alpha value is -3.80. The molecule has 1 atom stereocenters. The fourth-order valence-electron chi connectivity index (χ4n) is 3.62. The molecule has 10 nitrogen and oxygen atoms in total. The van der Waals surface area contributed by atoms with Gasteiger partial charge in [0.05, 0.1) is 12.2 Å². The Balaban J connectivity index is 1.77. The summed E-state index contributed by atoms with van der Waals surface area (Å²) in [6, 6.07) is -0.220. The zero-order valence-corrected chi connectivity index (χ0v) is 20.0. The van der Waals surface area contributed by atoms with Gasteiger partial charge in [0.2, 0.25) is 0 Å². The van der Waals surface area contributed by atoms with Gasteiger partial charge in [0.1, 0.15) is 22.5 Å². The molecule has 0 radical (unpaired) electrons. The molecular weight excluding hydrogens is 486 g/mol. The van der Waals surface area contributed by atoms with E-state index in [0.29, 0.717) is 0 Å². The number of carbonyl (C=O) groups is 3. The molecular formula is C22H21ClF2N6O4. The van der Waals surface area contributed by atoms with Crippen molar-refractivity contribution in [2.75, 3.05) is 23.4 Å². The molecule has 3 heterocycles. The van der Waals surface area contributed by atoms with Gasteiger partial charge in [-0.1, -0.05) is 11.6 Å². The highest BCUT2D eigenvalue weighted by Crippen LogP contribution is 2.32. The molecule has 1 aromatic carbocycles. The average Bonchev–Trinajstić information content (AvgIpc) is 3.40. The van der Waals surface area contributed by atoms with E-state index in [1.54, 1.807) is 37.6 Å². The fourth-order valence-corrected chi connectivity index (χ4v) is 3.78. The first-order valence-corrected chi connectivity index (χ1v) is 10.8. The van der Waals surface area contributed by atoms with Crippen molar-refractivity contribution in [3.8, 4) is 0 Å². The zero-order valence-electron chi connectivity index (χ0n) is 19.2. The van der Waals surface area contributed by atoms with Crippen LogP contribution in [-0.4, -0.2) is 62.5 Å². The number of amides is 4. The molecule has 0 aliphatic carbocycles. The number of imide groups is 1. The molecule has 1 fully saturated rings. The minimum absolute atomic E-state index is 0.0120. The zero-order chi connectivity index (χ0) is 25.7. The number of imidazole rings is 1. The van der Waals surface area contributed by atoms with E-state index in [4.69, 9.17) is 16.3 Å². The molecule has 1 saturated heterocycles. The van der Waals surface area contributed by atoms with Crippen LogP contribution in [0.5, 0.6) is 0 Å². The second kappa shape index (κ2) is 8.77. The normalized spacial score (nSPS) is 16.2. The van der Waals surface area contributed by atoms with E-state index in [2.05, 4.69) is 9.97 Å². The van der Waals surface area contributed by atoms with Crippen molar-refractivity contribution < 1.29 is 27.9 Å². The van der Waals surface area contributed by atoms with Crippen LogP contribution < -0.4 is 9.80 Å². The van der Waals surface area contributed by atoms with E-state index in [9.17, 15) is 23.2 Å². The van der Waals surface area contributed by atoms with Gasteiger partial charge in [-0.05, 0) is 32.9 Å². The number of carbonyl (C=O) groups excluding carboxylic acids is 3. The van der Waals surface area contributed by atoms with E-state index in [0.717, 1.165) is 26.8 Å². The summed E-state index contributed by atoms with van der Waals surface area (Å²) >= 11 is 5.68. The average molecular weight is 507 g/mol. The van der Waals surface area contributed by atoms with Crippen molar-refractivity contribution in [3.63, 3.8) is 0 Å². The maximum atomic E-state index is 14.7. The summed E-state index contributed by atoms with van der Waals surface area (Å²) in [7, 11) is 1.25. The molecule has 4 rings (SSSR count). The number of benzene rings is 1. The summed E-state index contributed by atoms with van der Waals surface area (Å²) < 4.78 is 35.2. The Kier molecular flexibility index (Phi) is 6.09. The standard InChI is InChI=1S/C22H21ClF2N6O4/c1-22(2,3)35-21(34)30-11-14(19(32)28(4)13-6-5-12(24)15(23)16(13)25)31(20(30)33)18-17-26-7-9-29(17)10-8-27-18/h5-10,14H,11H2,1-4H3. The van der Waals surface area contributed by atoms with E-state index in [1.807, 2.05) is 0 Å². The molecule has 35 heavy (non-hydrogen) atoms. The van der Waals surface area contributed by atoms with Crippen molar-refractivity contribution in [2.45, 2.75) is 32.4 Å². The molecule has 0 spiro atoms. The van der Waals surface area contributed by atoms with Gasteiger partial charge in [0.25, 0.3) is 5.91 Å². The van der Waals surface area contributed by atoms with Crippen LogP contribution in [0.15, 0.2) is 36.9 Å². The minimum Gasteiger partial charge on any atom is -0.443 e. The summed E-state index contributed by atoms with van der Waals surface area (Å²) in [5, 5.41) is -0.777. The fraction of sp³-hybridized carbons (Fsp3) is 0.318. The van der Waals surface area contributed by atoms with E-state index in [-0.39, 0.29) is 17.2 Å². The van der Waals surface area contributed by atoms with Gasteiger partial charge < -0.3 is 14.0 Å². The van der Waals surface area contributed by atoms with Crippen molar-refractivity contribution in [1.29, 1.82) is 0 Å². The van der Waals surface area contributed by atoms with E-state index < -0.39 is 52.9 Å². The lowest BCUT2D eigenvalue weighted by atomic mass is 10.2. The first-order valence-electron chi connectivity index (χ1n) is 10.4. The van der Waals surface area contributed by atoms with Crippen molar-refractivity contribution >= 4 is 46.8 Å². The number of fused-ring (bicyclic) bond motifs is 1. The third kappa shape index (κ3) is 4.36.